The average molecular weight is 262 g/mol. The van der Waals surface area contributed by atoms with E-state index in [2.05, 4.69) is 4.90 Å². The second kappa shape index (κ2) is 6.17. The van der Waals surface area contributed by atoms with Crippen molar-refractivity contribution in [2.24, 2.45) is 0 Å². The van der Waals surface area contributed by atoms with Crippen molar-refractivity contribution in [1.82, 2.24) is 9.80 Å². The van der Waals surface area contributed by atoms with Crippen LogP contribution in [0.2, 0.25) is 0 Å². The van der Waals surface area contributed by atoms with Gasteiger partial charge in [0.05, 0.1) is 19.1 Å². The Hall–Kier alpha value is -1.39. The van der Waals surface area contributed by atoms with Crippen molar-refractivity contribution in [3.63, 3.8) is 0 Å². The summed E-state index contributed by atoms with van der Waals surface area (Å²) in [5, 5.41) is 9.41. The molecule has 0 aromatic heterocycles. The minimum atomic E-state index is -0.0725. The van der Waals surface area contributed by atoms with Gasteiger partial charge in [0.25, 0.3) is 0 Å². The van der Waals surface area contributed by atoms with Gasteiger partial charge >= 0.3 is 0 Å². The molecule has 1 saturated heterocycles. The van der Waals surface area contributed by atoms with Gasteiger partial charge in [-0.1, -0.05) is 29.8 Å². The van der Waals surface area contributed by atoms with Crippen molar-refractivity contribution in [1.29, 1.82) is 0 Å². The predicted octanol–water partition coefficient (Wildman–Crippen LogP) is 0.672. The van der Waals surface area contributed by atoms with E-state index in [4.69, 9.17) is 0 Å². The highest BCUT2D eigenvalue weighted by Gasteiger charge is 2.28. The first-order valence-corrected chi connectivity index (χ1v) is 6.74. The number of carbonyl (C=O) groups is 1. The Morgan fingerprint density at radius 2 is 2.00 bits per heavy atom. The fourth-order valence-electron chi connectivity index (χ4n) is 2.48. The molecule has 1 aromatic rings. The molecule has 4 heteroatoms. The third-order valence-corrected chi connectivity index (χ3v) is 3.69. The summed E-state index contributed by atoms with van der Waals surface area (Å²) in [5.74, 6) is 0.107. The number of hydrogen-bond acceptors (Lipinski definition) is 3. The number of aliphatic hydroxyl groups excluding tert-OH is 1. The van der Waals surface area contributed by atoms with Gasteiger partial charge in [-0.25, -0.2) is 0 Å². The lowest BCUT2D eigenvalue weighted by atomic mass is 10.1. The molecule has 1 atom stereocenters. The molecule has 1 aliphatic heterocycles. The highest BCUT2D eigenvalue weighted by molar-refractivity contribution is 5.79. The van der Waals surface area contributed by atoms with E-state index in [0.29, 0.717) is 13.0 Å². The Morgan fingerprint density at radius 3 is 2.63 bits per heavy atom. The monoisotopic (exact) mass is 262 g/mol. The first kappa shape index (κ1) is 14.0. The number of carbonyl (C=O) groups excluding carboxylic acids is 1. The smallest absolute Gasteiger partial charge is 0.227 e. The van der Waals surface area contributed by atoms with Crippen LogP contribution >= 0.6 is 0 Å². The third-order valence-electron chi connectivity index (χ3n) is 3.69. The minimum absolute atomic E-state index is 0.0317. The Balaban J connectivity index is 2.00. The fourth-order valence-corrected chi connectivity index (χ4v) is 2.48. The molecule has 0 aliphatic carbocycles. The summed E-state index contributed by atoms with van der Waals surface area (Å²) in [5.41, 5.74) is 2.23. The largest absolute Gasteiger partial charge is 0.394 e. The van der Waals surface area contributed by atoms with Crippen molar-refractivity contribution in [2.75, 3.05) is 33.3 Å². The number of piperazine rings is 1. The van der Waals surface area contributed by atoms with Crippen LogP contribution in [-0.4, -0.2) is 60.1 Å². The van der Waals surface area contributed by atoms with Crippen molar-refractivity contribution >= 4 is 5.91 Å². The standard InChI is InChI=1S/C15H22N2O2/c1-12-3-5-13(6-4-12)9-15(19)17-8-7-16(2)10-14(17)11-18/h3-6,14,18H,7-11H2,1-2H3. The van der Waals surface area contributed by atoms with Gasteiger partial charge < -0.3 is 14.9 Å². The number of aryl methyl sites for hydroxylation is 1. The topological polar surface area (TPSA) is 43.8 Å². The van der Waals surface area contributed by atoms with Crippen LogP contribution in [0, 0.1) is 6.92 Å². The summed E-state index contributed by atoms with van der Waals surface area (Å²) in [7, 11) is 2.02. The van der Waals surface area contributed by atoms with Gasteiger partial charge in [-0.15, -0.1) is 0 Å². The van der Waals surface area contributed by atoms with Gasteiger partial charge in [-0.2, -0.15) is 0 Å². The summed E-state index contributed by atoms with van der Waals surface area (Å²) in [6, 6.07) is 7.97. The number of amides is 1. The molecule has 0 spiro atoms. The lowest BCUT2D eigenvalue weighted by Gasteiger charge is -2.39. The predicted molar refractivity (Wildman–Crippen MR) is 75.0 cm³/mol. The Bertz CT molecular complexity index is 430. The maximum Gasteiger partial charge on any atom is 0.227 e. The van der Waals surface area contributed by atoms with Gasteiger partial charge in [0, 0.05) is 19.6 Å². The molecule has 1 N–H and O–H groups in total. The van der Waals surface area contributed by atoms with Gasteiger partial charge in [0.15, 0.2) is 0 Å². The van der Waals surface area contributed by atoms with Crippen LogP contribution in [0.3, 0.4) is 0 Å². The molecule has 104 valence electrons. The van der Waals surface area contributed by atoms with Crippen molar-refractivity contribution in [2.45, 2.75) is 19.4 Å². The quantitative estimate of drug-likeness (QED) is 0.871. The number of aliphatic hydroxyl groups is 1. The molecule has 2 rings (SSSR count). The second-order valence-corrected chi connectivity index (χ2v) is 5.35. The number of benzene rings is 1. The second-order valence-electron chi connectivity index (χ2n) is 5.35. The van der Waals surface area contributed by atoms with Crippen molar-refractivity contribution in [3.05, 3.63) is 35.4 Å². The minimum Gasteiger partial charge on any atom is -0.394 e. The SMILES string of the molecule is Cc1ccc(CC(=O)N2CCN(C)CC2CO)cc1. The number of likely N-dealkylation sites (N-methyl/N-ethyl adjacent to an activating group) is 1. The summed E-state index contributed by atoms with van der Waals surface area (Å²) in [4.78, 5) is 16.3. The van der Waals surface area contributed by atoms with Crippen molar-refractivity contribution < 1.29 is 9.90 Å². The Kier molecular flexibility index (Phi) is 4.56. The van der Waals surface area contributed by atoms with Gasteiger partial charge in [0.1, 0.15) is 0 Å². The number of rotatable bonds is 3. The molecule has 1 aliphatic rings. The molecule has 1 aromatic carbocycles. The third kappa shape index (κ3) is 3.55. The molecule has 0 saturated carbocycles. The lowest BCUT2D eigenvalue weighted by Crippen LogP contribution is -2.55. The molecule has 1 heterocycles. The maximum absolute atomic E-state index is 12.3. The van der Waals surface area contributed by atoms with E-state index in [9.17, 15) is 9.90 Å². The normalized spacial score (nSPS) is 20.6. The van der Waals surface area contributed by atoms with Crippen molar-refractivity contribution in [3.8, 4) is 0 Å². The van der Waals surface area contributed by atoms with Gasteiger partial charge in [0.2, 0.25) is 5.91 Å². The first-order valence-electron chi connectivity index (χ1n) is 6.74. The summed E-state index contributed by atoms with van der Waals surface area (Å²) in [6.45, 7) is 4.39. The van der Waals surface area contributed by atoms with E-state index in [-0.39, 0.29) is 18.6 Å². The molecular formula is C15H22N2O2. The van der Waals surface area contributed by atoms with Crippen LogP contribution in [0.5, 0.6) is 0 Å². The average Bonchev–Trinajstić information content (AvgIpc) is 2.41. The Labute approximate surface area is 114 Å². The van der Waals surface area contributed by atoms with E-state index >= 15 is 0 Å². The Morgan fingerprint density at radius 1 is 1.32 bits per heavy atom. The van der Waals surface area contributed by atoms with Crippen LogP contribution in [0.25, 0.3) is 0 Å². The van der Waals surface area contributed by atoms with Crippen LogP contribution in [0.1, 0.15) is 11.1 Å². The lowest BCUT2D eigenvalue weighted by molar-refractivity contribution is -0.136. The summed E-state index contributed by atoms with van der Waals surface area (Å²) in [6.07, 6.45) is 0.417. The maximum atomic E-state index is 12.3. The van der Waals surface area contributed by atoms with Gasteiger partial charge in [-0.05, 0) is 19.5 Å². The first-order chi connectivity index (χ1) is 9.10. The van der Waals surface area contributed by atoms with Gasteiger partial charge in [-0.3, -0.25) is 4.79 Å². The highest BCUT2D eigenvalue weighted by atomic mass is 16.3. The molecule has 1 amide bonds. The zero-order valence-electron chi connectivity index (χ0n) is 11.7. The molecular weight excluding hydrogens is 240 g/mol. The van der Waals surface area contributed by atoms with Crippen LogP contribution < -0.4 is 0 Å². The van der Waals surface area contributed by atoms with Crippen LogP contribution in [-0.2, 0) is 11.2 Å². The molecule has 1 unspecified atom stereocenters. The molecule has 19 heavy (non-hydrogen) atoms. The van der Waals surface area contributed by atoms with Crippen LogP contribution in [0.4, 0.5) is 0 Å². The molecule has 0 bridgehead atoms. The van der Waals surface area contributed by atoms with E-state index < -0.39 is 0 Å². The summed E-state index contributed by atoms with van der Waals surface area (Å²) >= 11 is 0. The van der Waals surface area contributed by atoms with Crippen LogP contribution in [0.15, 0.2) is 24.3 Å². The molecule has 4 nitrogen and oxygen atoms in total. The highest BCUT2D eigenvalue weighted by Crippen LogP contribution is 2.12. The number of nitrogens with zero attached hydrogens (tertiary/aromatic N) is 2. The molecule has 1 fully saturated rings. The number of hydrogen-bond donors (Lipinski definition) is 1. The zero-order chi connectivity index (χ0) is 13.8. The molecule has 0 radical (unpaired) electrons. The zero-order valence-corrected chi connectivity index (χ0v) is 11.7. The van der Waals surface area contributed by atoms with E-state index in [1.54, 1.807) is 0 Å². The summed E-state index contributed by atoms with van der Waals surface area (Å²) < 4.78 is 0. The van der Waals surface area contributed by atoms with E-state index in [0.717, 1.165) is 18.7 Å². The van der Waals surface area contributed by atoms with E-state index in [1.165, 1.54) is 5.56 Å². The fraction of sp³-hybridized carbons (Fsp3) is 0.533. The van der Waals surface area contributed by atoms with E-state index in [1.807, 2.05) is 43.1 Å².